The molecule has 1 fully saturated rings. The molecular weight excluding hydrogens is 354 g/mol. The summed E-state index contributed by atoms with van der Waals surface area (Å²) in [5.74, 6) is 1.49. The number of benzene rings is 1. The molecule has 0 bridgehead atoms. The largest absolute Gasteiger partial charge is 0.370 e. The molecule has 0 unspecified atom stereocenters. The van der Waals surface area contributed by atoms with Gasteiger partial charge in [0, 0.05) is 17.1 Å². The van der Waals surface area contributed by atoms with Crippen molar-refractivity contribution in [2.24, 2.45) is 10.7 Å². The SMILES string of the molecule is CCn1c(CN=C(N)NC2CCCCC2)nc2cc(Br)ccc21. The van der Waals surface area contributed by atoms with Gasteiger partial charge < -0.3 is 15.6 Å². The van der Waals surface area contributed by atoms with Crippen molar-refractivity contribution in [2.45, 2.75) is 58.2 Å². The highest BCUT2D eigenvalue weighted by atomic mass is 79.9. The fraction of sp³-hybridized carbons (Fsp3) is 0.529. The van der Waals surface area contributed by atoms with Crippen LogP contribution in [-0.2, 0) is 13.1 Å². The van der Waals surface area contributed by atoms with Gasteiger partial charge in [0.15, 0.2) is 5.96 Å². The third kappa shape index (κ3) is 3.86. The number of hydrogen-bond acceptors (Lipinski definition) is 2. The zero-order valence-electron chi connectivity index (χ0n) is 13.6. The van der Waals surface area contributed by atoms with Crippen molar-refractivity contribution in [3.8, 4) is 0 Å². The van der Waals surface area contributed by atoms with E-state index in [1.54, 1.807) is 0 Å². The topological polar surface area (TPSA) is 68.2 Å². The van der Waals surface area contributed by atoms with Crippen LogP contribution >= 0.6 is 15.9 Å². The van der Waals surface area contributed by atoms with Crippen LogP contribution < -0.4 is 11.1 Å². The Labute approximate surface area is 145 Å². The first kappa shape index (κ1) is 16.3. The molecule has 1 saturated carbocycles. The second-order valence-corrected chi connectivity index (χ2v) is 7.00. The number of aromatic nitrogens is 2. The second kappa shape index (κ2) is 7.34. The first-order valence-electron chi connectivity index (χ1n) is 8.38. The average molecular weight is 378 g/mol. The molecule has 124 valence electrons. The minimum absolute atomic E-state index is 0.480. The Morgan fingerprint density at radius 2 is 2.17 bits per heavy atom. The molecule has 1 aliphatic rings. The number of nitrogens with two attached hydrogens (primary N) is 1. The van der Waals surface area contributed by atoms with Gasteiger partial charge in [0.05, 0.1) is 11.0 Å². The number of rotatable bonds is 4. The van der Waals surface area contributed by atoms with E-state index in [1.165, 1.54) is 32.1 Å². The number of halogens is 1. The van der Waals surface area contributed by atoms with Crippen LogP contribution in [0.25, 0.3) is 11.0 Å². The van der Waals surface area contributed by atoms with Crippen LogP contribution in [0.5, 0.6) is 0 Å². The predicted octanol–water partition coefficient (Wildman–Crippen LogP) is 3.56. The van der Waals surface area contributed by atoms with E-state index in [0.29, 0.717) is 18.5 Å². The predicted molar refractivity (Wildman–Crippen MR) is 98.4 cm³/mol. The summed E-state index contributed by atoms with van der Waals surface area (Å²) in [6.07, 6.45) is 6.29. The quantitative estimate of drug-likeness (QED) is 0.632. The Morgan fingerprint density at radius 1 is 1.39 bits per heavy atom. The zero-order valence-corrected chi connectivity index (χ0v) is 15.1. The van der Waals surface area contributed by atoms with Crippen LogP contribution in [0.15, 0.2) is 27.7 Å². The smallest absolute Gasteiger partial charge is 0.189 e. The highest BCUT2D eigenvalue weighted by Crippen LogP contribution is 2.21. The number of aryl methyl sites for hydroxylation is 1. The second-order valence-electron chi connectivity index (χ2n) is 6.09. The van der Waals surface area contributed by atoms with Gasteiger partial charge in [-0.25, -0.2) is 9.98 Å². The number of aliphatic imine (C=N–C) groups is 1. The van der Waals surface area contributed by atoms with Gasteiger partial charge in [0.1, 0.15) is 12.4 Å². The lowest BCUT2D eigenvalue weighted by Gasteiger charge is -2.23. The number of fused-ring (bicyclic) bond motifs is 1. The highest BCUT2D eigenvalue weighted by molar-refractivity contribution is 9.10. The lowest BCUT2D eigenvalue weighted by atomic mass is 9.96. The number of guanidine groups is 1. The van der Waals surface area contributed by atoms with Crippen molar-refractivity contribution in [1.82, 2.24) is 14.9 Å². The van der Waals surface area contributed by atoms with E-state index in [9.17, 15) is 0 Å². The number of imidazole rings is 1. The molecule has 0 aliphatic heterocycles. The van der Waals surface area contributed by atoms with Gasteiger partial charge in [0.25, 0.3) is 0 Å². The lowest BCUT2D eigenvalue weighted by Crippen LogP contribution is -2.41. The fourth-order valence-corrected chi connectivity index (χ4v) is 3.63. The molecule has 5 nitrogen and oxygen atoms in total. The Balaban J connectivity index is 1.73. The third-order valence-corrected chi connectivity index (χ3v) is 4.95. The summed E-state index contributed by atoms with van der Waals surface area (Å²) < 4.78 is 3.23. The lowest BCUT2D eigenvalue weighted by molar-refractivity contribution is 0.412. The number of hydrogen-bond donors (Lipinski definition) is 2. The Bertz CT molecular complexity index is 700. The molecule has 0 spiro atoms. The summed E-state index contributed by atoms with van der Waals surface area (Å²) in [4.78, 5) is 9.21. The van der Waals surface area contributed by atoms with Crippen LogP contribution in [0.1, 0.15) is 44.9 Å². The maximum absolute atomic E-state index is 6.06. The summed E-state index contributed by atoms with van der Waals surface area (Å²) in [5, 5.41) is 3.35. The van der Waals surface area contributed by atoms with Crippen LogP contribution in [0.2, 0.25) is 0 Å². The van der Waals surface area contributed by atoms with Crippen LogP contribution in [0, 0.1) is 0 Å². The molecule has 2 aromatic rings. The normalized spacial score (nSPS) is 16.9. The van der Waals surface area contributed by atoms with Gasteiger partial charge in [-0.05, 0) is 38.0 Å². The molecule has 1 aromatic carbocycles. The van der Waals surface area contributed by atoms with E-state index in [4.69, 9.17) is 10.7 Å². The van der Waals surface area contributed by atoms with E-state index in [1.807, 2.05) is 12.1 Å². The fourth-order valence-electron chi connectivity index (χ4n) is 3.28. The van der Waals surface area contributed by atoms with E-state index in [0.717, 1.165) is 27.9 Å². The molecule has 3 rings (SSSR count). The van der Waals surface area contributed by atoms with Crippen molar-refractivity contribution in [3.63, 3.8) is 0 Å². The summed E-state index contributed by atoms with van der Waals surface area (Å²) in [7, 11) is 0. The molecule has 23 heavy (non-hydrogen) atoms. The summed E-state index contributed by atoms with van der Waals surface area (Å²) in [6.45, 7) is 3.50. The summed E-state index contributed by atoms with van der Waals surface area (Å²) in [6, 6.07) is 6.65. The molecule has 0 saturated heterocycles. The van der Waals surface area contributed by atoms with Crippen LogP contribution in [-0.4, -0.2) is 21.6 Å². The Kier molecular flexibility index (Phi) is 5.20. The van der Waals surface area contributed by atoms with E-state index in [-0.39, 0.29) is 0 Å². The third-order valence-electron chi connectivity index (χ3n) is 4.45. The molecule has 3 N–H and O–H groups in total. The molecule has 1 heterocycles. The minimum atomic E-state index is 0.480. The highest BCUT2D eigenvalue weighted by Gasteiger charge is 2.14. The molecule has 0 atom stereocenters. The van der Waals surface area contributed by atoms with Gasteiger partial charge in [0.2, 0.25) is 0 Å². The maximum Gasteiger partial charge on any atom is 0.189 e. The van der Waals surface area contributed by atoms with Crippen molar-refractivity contribution >= 4 is 32.9 Å². The van der Waals surface area contributed by atoms with Crippen LogP contribution in [0.3, 0.4) is 0 Å². The van der Waals surface area contributed by atoms with Gasteiger partial charge in [-0.15, -0.1) is 0 Å². The minimum Gasteiger partial charge on any atom is -0.370 e. The molecule has 6 heteroatoms. The number of nitrogens with zero attached hydrogens (tertiary/aromatic N) is 3. The average Bonchev–Trinajstić information content (AvgIpc) is 2.90. The standard InChI is InChI=1S/C17H24BrN5/c1-2-23-15-9-8-12(18)10-14(15)22-16(23)11-20-17(19)21-13-6-4-3-5-7-13/h8-10,13H,2-7,11H2,1H3,(H3,19,20,21). The molecule has 0 amide bonds. The molecule has 1 aromatic heterocycles. The monoisotopic (exact) mass is 377 g/mol. The van der Waals surface area contributed by atoms with Gasteiger partial charge in [-0.3, -0.25) is 0 Å². The van der Waals surface area contributed by atoms with Crippen molar-refractivity contribution in [3.05, 3.63) is 28.5 Å². The van der Waals surface area contributed by atoms with E-state index in [2.05, 4.69) is 43.8 Å². The maximum atomic E-state index is 6.06. The van der Waals surface area contributed by atoms with Crippen molar-refractivity contribution in [1.29, 1.82) is 0 Å². The Hall–Kier alpha value is -1.56. The summed E-state index contributed by atoms with van der Waals surface area (Å²) >= 11 is 3.50. The zero-order chi connectivity index (χ0) is 16.2. The van der Waals surface area contributed by atoms with Crippen molar-refractivity contribution in [2.75, 3.05) is 0 Å². The molecule has 0 radical (unpaired) electrons. The van der Waals surface area contributed by atoms with E-state index >= 15 is 0 Å². The summed E-state index contributed by atoms with van der Waals surface area (Å²) in [5.41, 5.74) is 8.19. The van der Waals surface area contributed by atoms with Crippen molar-refractivity contribution < 1.29 is 0 Å². The first-order valence-corrected chi connectivity index (χ1v) is 9.18. The molecular formula is C17H24BrN5. The van der Waals surface area contributed by atoms with Gasteiger partial charge in [-0.1, -0.05) is 35.2 Å². The first-order chi connectivity index (χ1) is 11.2. The Morgan fingerprint density at radius 3 is 2.91 bits per heavy atom. The van der Waals surface area contributed by atoms with Crippen LogP contribution in [0.4, 0.5) is 0 Å². The van der Waals surface area contributed by atoms with Gasteiger partial charge in [-0.2, -0.15) is 0 Å². The number of nitrogens with one attached hydrogen (secondary N) is 1. The van der Waals surface area contributed by atoms with Gasteiger partial charge >= 0.3 is 0 Å². The molecule has 1 aliphatic carbocycles. The van der Waals surface area contributed by atoms with E-state index < -0.39 is 0 Å².